The molecule has 1 saturated heterocycles. The third-order valence-electron chi connectivity index (χ3n) is 16.0. The van der Waals surface area contributed by atoms with Crippen molar-refractivity contribution < 1.29 is 96.3 Å². The first-order valence-electron chi connectivity index (χ1n) is 29.5. The number of aromatic nitrogens is 4. The molecule has 8 rings (SSSR count). The number of aliphatic hydroxyl groups excluding tert-OH is 1. The Bertz CT molecular complexity index is 4010. The van der Waals surface area contributed by atoms with Crippen LogP contribution >= 0.6 is 23.5 Å². The number of nitrogens with one attached hydrogen (secondary N) is 2. The molecular formula is C58H79N8O20P3S2. The van der Waals surface area contributed by atoms with Crippen LogP contribution in [0.15, 0.2) is 96.2 Å². The Morgan fingerprint density at radius 1 is 0.923 bits per heavy atom. The molecule has 3 unspecified atom stereocenters. The number of phosphoric acid groups is 3. The Morgan fingerprint density at radius 3 is 2.33 bits per heavy atom. The normalized spacial score (nSPS) is 22.0. The first-order valence-corrected chi connectivity index (χ1v) is 37.0. The lowest BCUT2D eigenvalue weighted by Crippen LogP contribution is -2.45. The van der Waals surface area contributed by atoms with Crippen molar-refractivity contribution in [3.05, 3.63) is 108 Å². The van der Waals surface area contributed by atoms with E-state index in [1.165, 1.54) is 34.9 Å². The van der Waals surface area contributed by atoms with Crippen molar-refractivity contribution in [1.29, 1.82) is 0 Å². The SMILES string of the molecule is CCN1c2cc3c(cc2C(C)=CC1(C)C)C(=CC=CC=CC1=[N+](CCCS(=O)(=O)[O-])c2ccc(S(=O)(=O)O)cc2C1(C)CCCC(=O)NCCCCCCNc1ncnc2c1ncn2[C@H]1C[C@H](O)[C@@H](COP(=O)(O)OP(=O)(O)OP(=O)(O)O)O1)C=C(C(C)(C)C)O3. The van der Waals surface area contributed by atoms with Gasteiger partial charge in [0.25, 0.3) is 10.1 Å². The van der Waals surface area contributed by atoms with E-state index >= 15 is 0 Å². The van der Waals surface area contributed by atoms with Gasteiger partial charge in [-0.25, -0.2) is 37.1 Å². The highest BCUT2D eigenvalue weighted by Gasteiger charge is 2.48. The van der Waals surface area contributed by atoms with E-state index in [0.717, 1.165) is 59.7 Å². The molecule has 0 radical (unpaired) electrons. The molecular weight excluding hydrogens is 1290 g/mol. The number of phosphoric ester groups is 1. The minimum absolute atomic E-state index is 0.0324. The van der Waals surface area contributed by atoms with Crippen LogP contribution in [0.5, 0.6) is 5.75 Å². The third-order valence-corrected chi connectivity index (χ3v) is 21.4. The van der Waals surface area contributed by atoms with E-state index in [1.54, 1.807) is 6.07 Å². The number of aliphatic hydroxyl groups is 1. The number of carbonyl (C=O) groups is 1. The predicted molar refractivity (Wildman–Crippen MR) is 338 cm³/mol. The molecule has 33 heteroatoms. The molecule has 2 aromatic carbocycles. The van der Waals surface area contributed by atoms with Crippen molar-refractivity contribution >= 4 is 94.8 Å². The van der Waals surface area contributed by atoms with Gasteiger partial charge in [0.1, 0.15) is 36.7 Å². The second kappa shape index (κ2) is 28.1. The van der Waals surface area contributed by atoms with Crippen molar-refractivity contribution in [3.63, 3.8) is 0 Å². The summed E-state index contributed by atoms with van der Waals surface area (Å²) in [6, 6.07) is 8.54. The van der Waals surface area contributed by atoms with Gasteiger partial charge in [0.15, 0.2) is 22.7 Å². The summed E-state index contributed by atoms with van der Waals surface area (Å²) in [7, 11) is -26.0. The van der Waals surface area contributed by atoms with Gasteiger partial charge in [0.05, 0.1) is 45.0 Å². The molecule has 6 atom stereocenters. The molecule has 1 fully saturated rings. The van der Waals surface area contributed by atoms with Gasteiger partial charge in [-0.05, 0) is 95.7 Å². The number of hydrogen-bond donors (Lipinski definition) is 8. The first-order chi connectivity index (χ1) is 42.4. The standard InChI is InChI=1S/C58H79N8O20P3S2/c1-9-66-45-32-47-42(31-41(45)38(2)34-57(66,6)7)39(29-50(83-47)56(3,4)5)19-13-12-14-20-49-58(8,43-30-40(91(79,80)81)22-23-44(43)64(49)27-18-28-90(76,77)78)24-17-21-51(68)59-25-15-10-11-16-26-60-54-53-55(62-36-61-54)65(37-63-53)52-33-46(67)48(84-52)35-82-88(72,73)86-89(74,75)85-87(69,70)71/h12-14,19-20,22-23,29-32,34,36-37,46,48,52,67H,9-11,15-18,21,24-28,33,35H2,1-8H3,(H7-,59,60,61,62,68,69,70,71,72,73,74,75,76,77,78,79,80,81)/t46-,48+,52+,58?/m0/s1. The average molecular weight is 1370 g/mol. The van der Waals surface area contributed by atoms with E-state index in [-0.39, 0.29) is 47.6 Å². The summed E-state index contributed by atoms with van der Waals surface area (Å²) >= 11 is 0. The topological polar surface area (TPSA) is 401 Å². The number of anilines is 2. The molecule has 91 heavy (non-hydrogen) atoms. The van der Waals surface area contributed by atoms with Crippen molar-refractivity contribution in [2.24, 2.45) is 5.41 Å². The molecule has 2 aromatic heterocycles. The second-order valence-corrected chi connectivity index (χ2v) is 31.7. The van der Waals surface area contributed by atoms with Crippen LogP contribution in [0.25, 0.3) is 22.3 Å². The lowest BCUT2D eigenvalue weighted by Gasteiger charge is -2.43. The van der Waals surface area contributed by atoms with Gasteiger partial charge in [-0.15, -0.1) is 0 Å². The zero-order valence-corrected chi connectivity index (χ0v) is 56.0. The molecule has 1 amide bonds. The summed E-state index contributed by atoms with van der Waals surface area (Å²) < 4.78 is 134. The van der Waals surface area contributed by atoms with Crippen LogP contribution in [0, 0.1) is 5.41 Å². The summed E-state index contributed by atoms with van der Waals surface area (Å²) in [5.74, 6) is 1.14. The molecule has 0 spiro atoms. The largest absolute Gasteiger partial charge is 0.748 e. The number of hydrogen-bond acceptors (Lipinski definition) is 20. The summed E-state index contributed by atoms with van der Waals surface area (Å²) in [5.41, 5.74) is 6.27. The smallest absolute Gasteiger partial charge is 0.490 e. The number of ether oxygens (including phenoxy) is 2. The molecule has 4 aromatic rings. The van der Waals surface area contributed by atoms with E-state index in [1.807, 2.05) is 41.9 Å². The van der Waals surface area contributed by atoms with Gasteiger partial charge in [-0.2, -0.15) is 21.6 Å². The van der Waals surface area contributed by atoms with Crippen LogP contribution in [-0.2, 0) is 62.0 Å². The van der Waals surface area contributed by atoms with Gasteiger partial charge < -0.3 is 54.2 Å². The monoisotopic (exact) mass is 1360 g/mol. The van der Waals surface area contributed by atoms with E-state index in [4.69, 9.17) is 19.3 Å². The van der Waals surface area contributed by atoms with Crippen LogP contribution in [0.4, 0.5) is 17.2 Å². The van der Waals surface area contributed by atoms with E-state index in [9.17, 15) is 59.3 Å². The quantitative estimate of drug-likeness (QED) is 0.00826. The Labute approximate surface area is 528 Å². The van der Waals surface area contributed by atoms with Crippen LogP contribution < -0.4 is 20.3 Å². The molecule has 0 aliphatic carbocycles. The highest BCUT2D eigenvalue weighted by Crippen LogP contribution is 2.66. The minimum Gasteiger partial charge on any atom is -0.748 e. The maximum atomic E-state index is 13.4. The number of carbonyl (C=O) groups excluding carboxylic acids is 1. The molecule has 4 aliphatic rings. The van der Waals surface area contributed by atoms with Crippen LogP contribution in [-0.4, -0.2) is 143 Å². The van der Waals surface area contributed by atoms with Crippen molar-refractivity contribution in [2.45, 2.75) is 147 Å². The second-order valence-electron chi connectivity index (χ2n) is 24.4. The Kier molecular flexibility index (Phi) is 22.0. The van der Waals surface area contributed by atoms with E-state index in [2.05, 4.69) is 116 Å². The summed E-state index contributed by atoms with van der Waals surface area (Å²) in [6.07, 6.45) is 16.7. The third kappa shape index (κ3) is 18.0. The first kappa shape index (κ1) is 71.2. The molecule has 498 valence electrons. The molecule has 28 nitrogen and oxygen atoms in total. The van der Waals surface area contributed by atoms with Crippen molar-refractivity contribution in [2.75, 3.05) is 48.8 Å². The zero-order chi connectivity index (χ0) is 66.7. The number of nitrogens with zero attached hydrogens (tertiary/aromatic N) is 6. The number of unbranched alkanes of at least 4 members (excludes halogenated alkanes) is 3. The Balaban J connectivity index is 0.874. The fourth-order valence-electron chi connectivity index (χ4n) is 11.8. The number of rotatable bonds is 29. The fourth-order valence-corrected chi connectivity index (χ4v) is 15.8. The Morgan fingerprint density at radius 2 is 1.65 bits per heavy atom. The van der Waals surface area contributed by atoms with Crippen LogP contribution in [0.2, 0.25) is 0 Å². The zero-order valence-electron chi connectivity index (χ0n) is 51.7. The average Bonchev–Trinajstić information content (AvgIpc) is 1.74. The lowest BCUT2D eigenvalue weighted by molar-refractivity contribution is -0.437. The molecule has 0 bridgehead atoms. The molecule has 8 N–H and O–H groups in total. The number of imidazole rings is 1. The predicted octanol–water partition coefficient (Wildman–Crippen LogP) is 8.86. The molecule has 4 aliphatic heterocycles. The maximum absolute atomic E-state index is 13.4. The van der Waals surface area contributed by atoms with Gasteiger partial charge >= 0.3 is 23.5 Å². The fraction of sp³-hybridized carbons (Fsp3) is 0.500. The van der Waals surface area contributed by atoms with E-state index < -0.39 is 79.9 Å². The number of benzene rings is 2. The van der Waals surface area contributed by atoms with Gasteiger partial charge in [-0.3, -0.25) is 18.4 Å². The van der Waals surface area contributed by atoms with Gasteiger partial charge in [0.2, 0.25) is 11.6 Å². The minimum atomic E-state index is -5.75. The number of amides is 1. The van der Waals surface area contributed by atoms with Crippen LogP contribution in [0.3, 0.4) is 0 Å². The van der Waals surface area contributed by atoms with Gasteiger partial charge in [0, 0.05) is 90.7 Å². The maximum Gasteiger partial charge on any atom is 0.490 e. The van der Waals surface area contributed by atoms with Gasteiger partial charge in [-0.1, -0.05) is 64.0 Å². The summed E-state index contributed by atoms with van der Waals surface area (Å²) in [4.78, 5) is 65.2. The summed E-state index contributed by atoms with van der Waals surface area (Å²) in [6.45, 7) is 17.8. The molecule has 0 saturated carbocycles. The lowest BCUT2D eigenvalue weighted by atomic mass is 9.75. The van der Waals surface area contributed by atoms with Crippen LogP contribution in [0.1, 0.15) is 136 Å². The highest BCUT2D eigenvalue weighted by atomic mass is 32.2. The Hall–Kier alpha value is -5.62. The highest BCUT2D eigenvalue weighted by molar-refractivity contribution is 7.86. The van der Waals surface area contributed by atoms with Crippen molar-refractivity contribution in [3.8, 4) is 5.75 Å². The number of fused-ring (bicyclic) bond motifs is 4. The van der Waals surface area contributed by atoms with E-state index in [0.29, 0.717) is 66.3 Å². The number of allylic oxidation sites excluding steroid dienone is 9. The number of likely N-dealkylation sites (N-methyl/N-ethyl adjacent to an activating group) is 1. The summed E-state index contributed by atoms with van der Waals surface area (Å²) in [5, 5.41) is 16.9. The molecule has 6 heterocycles. The van der Waals surface area contributed by atoms with Crippen molar-refractivity contribution in [1.82, 2.24) is 24.8 Å².